The summed E-state index contributed by atoms with van der Waals surface area (Å²) in [4.78, 5) is 24.0. The molecule has 2 fully saturated rings. The summed E-state index contributed by atoms with van der Waals surface area (Å²) in [6.45, 7) is 1.05. The van der Waals surface area contributed by atoms with Crippen LogP contribution in [0, 0.1) is 0 Å². The second kappa shape index (κ2) is 5.35. The summed E-state index contributed by atoms with van der Waals surface area (Å²) in [5.74, 6) is -0.966. The van der Waals surface area contributed by atoms with Crippen molar-refractivity contribution in [1.29, 1.82) is 0 Å². The number of carboxylic acids is 1. The van der Waals surface area contributed by atoms with Gasteiger partial charge in [0.2, 0.25) is 0 Å². The summed E-state index contributed by atoms with van der Waals surface area (Å²) in [6, 6.07) is -0.146. The lowest BCUT2D eigenvalue weighted by atomic mass is 10.1. The second-order valence-electron chi connectivity index (χ2n) is 4.62. The lowest BCUT2D eigenvalue weighted by Gasteiger charge is -2.27. The minimum atomic E-state index is -0.966. The number of ether oxygens (including phenoxy) is 1. The first-order valence-corrected chi connectivity index (χ1v) is 6.03. The smallest absolute Gasteiger partial charge is 0.323 e. The van der Waals surface area contributed by atoms with Crippen molar-refractivity contribution in [3.63, 3.8) is 0 Å². The quantitative estimate of drug-likeness (QED) is 0.749. The summed E-state index contributed by atoms with van der Waals surface area (Å²) in [7, 11) is 0. The number of carbonyl (C=O) groups excluding carboxylic acids is 1. The predicted octanol–water partition coefficient (Wildman–Crippen LogP) is 0.424. The molecule has 0 aromatic carbocycles. The summed E-state index contributed by atoms with van der Waals surface area (Å²) in [5.41, 5.74) is 0. The minimum absolute atomic E-state index is 0.0197. The maximum atomic E-state index is 11.9. The first-order chi connectivity index (χ1) is 8.16. The fourth-order valence-electron chi connectivity index (χ4n) is 2.01. The van der Waals surface area contributed by atoms with Crippen LogP contribution in [0.3, 0.4) is 0 Å². The highest BCUT2D eigenvalue weighted by Gasteiger charge is 2.34. The maximum absolute atomic E-state index is 11.9. The molecule has 2 N–H and O–H groups in total. The third-order valence-corrected chi connectivity index (χ3v) is 3.04. The molecule has 6 nitrogen and oxygen atoms in total. The minimum Gasteiger partial charge on any atom is -0.480 e. The van der Waals surface area contributed by atoms with Crippen molar-refractivity contribution in [2.45, 2.75) is 37.8 Å². The molecule has 6 heteroatoms. The average molecular weight is 242 g/mol. The molecular formula is C11H18N2O4. The molecule has 96 valence electrons. The predicted molar refractivity (Wildman–Crippen MR) is 59.7 cm³/mol. The van der Waals surface area contributed by atoms with Crippen LogP contribution < -0.4 is 5.32 Å². The summed E-state index contributed by atoms with van der Waals surface area (Å²) < 4.78 is 5.27. The van der Waals surface area contributed by atoms with Crippen LogP contribution in [0.15, 0.2) is 0 Å². The lowest BCUT2D eigenvalue weighted by molar-refractivity contribution is -0.137. The van der Waals surface area contributed by atoms with Crippen molar-refractivity contribution in [1.82, 2.24) is 10.2 Å². The van der Waals surface area contributed by atoms with Crippen molar-refractivity contribution in [2.24, 2.45) is 0 Å². The Kier molecular flexibility index (Phi) is 3.83. The number of hydrogen-bond acceptors (Lipinski definition) is 3. The van der Waals surface area contributed by atoms with Gasteiger partial charge in [-0.1, -0.05) is 0 Å². The Morgan fingerprint density at radius 1 is 1.35 bits per heavy atom. The fraction of sp³-hybridized carbons (Fsp3) is 0.818. The molecule has 0 radical (unpaired) electrons. The normalized spacial score (nSPS) is 24.1. The molecule has 0 aromatic rings. The first-order valence-electron chi connectivity index (χ1n) is 6.03. The van der Waals surface area contributed by atoms with Gasteiger partial charge < -0.3 is 20.1 Å². The molecule has 1 unspecified atom stereocenters. The molecule has 0 spiro atoms. The van der Waals surface area contributed by atoms with Crippen LogP contribution in [-0.2, 0) is 9.53 Å². The molecule has 1 atom stereocenters. The first kappa shape index (κ1) is 12.2. The van der Waals surface area contributed by atoms with E-state index in [0.717, 1.165) is 32.3 Å². The van der Waals surface area contributed by atoms with E-state index < -0.39 is 5.97 Å². The Labute approximate surface area is 99.9 Å². The molecule has 0 bridgehead atoms. The van der Waals surface area contributed by atoms with Crippen molar-refractivity contribution in [2.75, 3.05) is 19.8 Å². The van der Waals surface area contributed by atoms with Crippen molar-refractivity contribution >= 4 is 12.0 Å². The van der Waals surface area contributed by atoms with E-state index in [-0.39, 0.29) is 24.7 Å². The molecule has 1 aliphatic carbocycles. The molecule has 2 amide bonds. The van der Waals surface area contributed by atoms with Crippen LogP contribution in [0.2, 0.25) is 0 Å². The Bertz CT molecular complexity index is 298. The SMILES string of the molecule is O=C(O)CN(C(=O)NC1CCCOC1)C1CC1. The van der Waals surface area contributed by atoms with Gasteiger partial charge in [0.1, 0.15) is 6.54 Å². The molecule has 2 aliphatic rings. The van der Waals surface area contributed by atoms with Gasteiger partial charge in [0.25, 0.3) is 0 Å². The lowest BCUT2D eigenvalue weighted by Crippen LogP contribution is -2.49. The fourth-order valence-corrected chi connectivity index (χ4v) is 2.01. The van der Waals surface area contributed by atoms with E-state index in [1.807, 2.05) is 0 Å². The maximum Gasteiger partial charge on any atom is 0.323 e. The number of amides is 2. The topological polar surface area (TPSA) is 78.9 Å². The van der Waals surface area contributed by atoms with Crippen LogP contribution in [-0.4, -0.2) is 53.8 Å². The Balaban J connectivity index is 1.84. The van der Waals surface area contributed by atoms with E-state index in [4.69, 9.17) is 9.84 Å². The van der Waals surface area contributed by atoms with E-state index in [9.17, 15) is 9.59 Å². The van der Waals surface area contributed by atoms with Crippen molar-refractivity contribution < 1.29 is 19.4 Å². The van der Waals surface area contributed by atoms with Gasteiger partial charge in [0.15, 0.2) is 0 Å². The van der Waals surface area contributed by atoms with E-state index >= 15 is 0 Å². The molecule has 1 heterocycles. The van der Waals surface area contributed by atoms with Gasteiger partial charge in [-0.2, -0.15) is 0 Å². The standard InChI is InChI=1S/C11H18N2O4/c14-10(15)6-13(9-3-4-9)11(16)12-8-2-1-5-17-7-8/h8-9H,1-7H2,(H,12,16)(H,14,15). The number of nitrogens with one attached hydrogen (secondary N) is 1. The van der Waals surface area contributed by atoms with Crippen LogP contribution in [0.5, 0.6) is 0 Å². The third kappa shape index (κ3) is 3.59. The van der Waals surface area contributed by atoms with Gasteiger partial charge >= 0.3 is 12.0 Å². The molecule has 1 saturated heterocycles. The highest BCUT2D eigenvalue weighted by molar-refractivity contribution is 5.80. The largest absolute Gasteiger partial charge is 0.480 e. The molecule has 2 rings (SSSR count). The van der Waals surface area contributed by atoms with Gasteiger partial charge in [-0.05, 0) is 25.7 Å². The van der Waals surface area contributed by atoms with E-state index in [0.29, 0.717) is 6.61 Å². The van der Waals surface area contributed by atoms with Crippen LogP contribution in [0.25, 0.3) is 0 Å². The van der Waals surface area contributed by atoms with Crippen LogP contribution in [0.1, 0.15) is 25.7 Å². The third-order valence-electron chi connectivity index (χ3n) is 3.04. The van der Waals surface area contributed by atoms with Crippen LogP contribution in [0.4, 0.5) is 4.79 Å². The van der Waals surface area contributed by atoms with Crippen molar-refractivity contribution in [3.05, 3.63) is 0 Å². The molecule has 0 aromatic heterocycles. The number of urea groups is 1. The molecular weight excluding hydrogens is 224 g/mol. The number of rotatable bonds is 4. The van der Waals surface area contributed by atoms with E-state index in [2.05, 4.69) is 5.32 Å². The zero-order chi connectivity index (χ0) is 12.3. The Morgan fingerprint density at radius 2 is 2.12 bits per heavy atom. The zero-order valence-electron chi connectivity index (χ0n) is 9.72. The number of aliphatic carboxylic acids is 1. The average Bonchev–Trinajstić information content (AvgIpc) is 3.10. The van der Waals surface area contributed by atoms with Gasteiger partial charge in [0.05, 0.1) is 12.6 Å². The Hall–Kier alpha value is -1.30. The van der Waals surface area contributed by atoms with Gasteiger partial charge in [-0.15, -0.1) is 0 Å². The van der Waals surface area contributed by atoms with E-state index in [1.54, 1.807) is 0 Å². The number of nitrogens with zero attached hydrogens (tertiary/aromatic N) is 1. The zero-order valence-corrected chi connectivity index (χ0v) is 9.72. The monoisotopic (exact) mass is 242 g/mol. The summed E-state index contributed by atoms with van der Waals surface area (Å²) in [6.07, 6.45) is 3.65. The van der Waals surface area contributed by atoms with Gasteiger partial charge in [0, 0.05) is 12.6 Å². The number of carbonyl (C=O) groups is 2. The number of carboxylic acid groups (broad SMARTS) is 1. The second-order valence-corrected chi connectivity index (χ2v) is 4.62. The van der Waals surface area contributed by atoms with Gasteiger partial charge in [-0.25, -0.2) is 4.79 Å². The molecule has 17 heavy (non-hydrogen) atoms. The van der Waals surface area contributed by atoms with E-state index in [1.165, 1.54) is 4.90 Å². The van der Waals surface area contributed by atoms with Crippen molar-refractivity contribution in [3.8, 4) is 0 Å². The summed E-state index contributed by atoms with van der Waals surface area (Å²) >= 11 is 0. The molecule has 1 saturated carbocycles. The molecule has 1 aliphatic heterocycles. The van der Waals surface area contributed by atoms with Gasteiger partial charge in [-0.3, -0.25) is 4.79 Å². The summed E-state index contributed by atoms with van der Waals surface area (Å²) in [5, 5.41) is 11.6. The number of hydrogen-bond donors (Lipinski definition) is 2. The highest BCUT2D eigenvalue weighted by Crippen LogP contribution is 2.26. The van der Waals surface area contributed by atoms with Crippen LogP contribution >= 0.6 is 0 Å². The Morgan fingerprint density at radius 3 is 2.65 bits per heavy atom. The highest BCUT2D eigenvalue weighted by atomic mass is 16.5.